The molecule has 1 aliphatic carbocycles. The molecule has 2 aromatic carbocycles. The Balaban J connectivity index is 1.60. The van der Waals surface area contributed by atoms with Gasteiger partial charge in [-0.15, -0.1) is 6.58 Å². The average Bonchev–Trinajstić information content (AvgIpc) is 2.80. The third kappa shape index (κ3) is 4.72. The highest BCUT2D eigenvalue weighted by Gasteiger charge is 2.58. The SMILES string of the molecule is C=CCN1CC[C@@]2(c3cccc(O)c3)C[C@@H](N(C)C(=O)Cc3ccc(Cl)c(Cl)c3)CC[C@]2(O)C1. The number of rotatable bonds is 6. The molecule has 2 N–H and O–H groups in total. The van der Waals surface area contributed by atoms with Crippen LogP contribution < -0.4 is 0 Å². The second-order valence-corrected chi connectivity index (χ2v) is 10.6. The largest absolute Gasteiger partial charge is 0.508 e. The Kier molecular flexibility index (Phi) is 7.30. The Morgan fingerprint density at radius 3 is 2.74 bits per heavy atom. The molecule has 7 heteroatoms. The first-order valence-electron chi connectivity index (χ1n) is 11.7. The molecule has 2 fully saturated rings. The number of nitrogens with zero attached hydrogens (tertiary/aromatic N) is 2. The Morgan fingerprint density at radius 1 is 1.24 bits per heavy atom. The van der Waals surface area contributed by atoms with E-state index in [0.717, 1.165) is 30.6 Å². The quantitative estimate of drug-likeness (QED) is 0.556. The fraction of sp³-hybridized carbons (Fsp3) is 0.444. The molecule has 2 aliphatic rings. The molecule has 1 saturated heterocycles. The minimum absolute atomic E-state index is 0.00369. The van der Waals surface area contributed by atoms with Crippen LogP contribution in [0.1, 0.15) is 36.8 Å². The number of amides is 1. The van der Waals surface area contributed by atoms with Crippen LogP contribution in [-0.4, -0.2) is 64.2 Å². The Hall–Kier alpha value is -2.05. The van der Waals surface area contributed by atoms with Gasteiger partial charge in [0.1, 0.15) is 5.75 Å². The topological polar surface area (TPSA) is 64.0 Å². The van der Waals surface area contributed by atoms with Gasteiger partial charge in [-0.2, -0.15) is 0 Å². The summed E-state index contributed by atoms with van der Waals surface area (Å²) in [4.78, 5) is 17.3. The molecule has 0 unspecified atom stereocenters. The molecule has 1 aliphatic heterocycles. The molecule has 1 saturated carbocycles. The van der Waals surface area contributed by atoms with Crippen molar-refractivity contribution in [1.82, 2.24) is 9.80 Å². The van der Waals surface area contributed by atoms with Crippen LogP contribution in [0.5, 0.6) is 5.75 Å². The van der Waals surface area contributed by atoms with Crippen LogP contribution in [0.3, 0.4) is 0 Å². The van der Waals surface area contributed by atoms with E-state index in [2.05, 4.69) is 11.5 Å². The van der Waals surface area contributed by atoms with Crippen molar-refractivity contribution in [3.8, 4) is 5.75 Å². The highest BCUT2D eigenvalue weighted by atomic mass is 35.5. The van der Waals surface area contributed by atoms with Crippen LogP contribution >= 0.6 is 23.2 Å². The maximum absolute atomic E-state index is 13.2. The maximum Gasteiger partial charge on any atom is 0.226 e. The van der Waals surface area contributed by atoms with E-state index >= 15 is 0 Å². The van der Waals surface area contributed by atoms with Gasteiger partial charge < -0.3 is 15.1 Å². The summed E-state index contributed by atoms with van der Waals surface area (Å²) in [5.41, 5.74) is 0.249. The summed E-state index contributed by atoms with van der Waals surface area (Å²) in [6, 6.07) is 12.5. The number of carbonyl (C=O) groups excluding carboxylic acids is 1. The number of aliphatic hydroxyl groups is 1. The van der Waals surface area contributed by atoms with E-state index < -0.39 is 11.0 Å². The van der Waals surface area contributed by atoms with Gasteiger partial charge in [-0.25, -0.2) is 0 Å². The van der Waals surface area contributed by atoms with Crippen molar-refractivity contribution in [2.45, 2.75) is 49.2 Å². The van der Waals surface area contributed by atoms with Crippen LogP contribution in [0.25, 0.3) is 0 Å². The summed E-state index contributed by atoms with van der Waals surface area (Å²) in [6.45, 7) is 5.94. The number of phenolic OH excluding ortho intramolecular Hbond substituents is 1. The second-order valence-electron chi connectivity index (χ2n) is 9.76. The van der Waals surface area contributed by atoms with E-state index in [-0.39, 0.29) is 24.1 Å². The number of aromatic hydroxyl groups is 1. The molecule has 0 spiro atoms. The minimum Gasteiger partial charge on any atom is -0.508 e. The van der Waals surface area contributed by atoms with E-state index in [1.807, 2.05) is 36.2 Å². The van der Waals surface area contributed by atoms with Gasteiger partial charge in [-0.3, -0.25) is 9.69 Å². The number of β-amino-alcohol motifs (C(OH)–C–C–N with tert-alkyl or cyclic N) is 1. The number of phenols is 1. The van der Waals surface area contributed by atoms with Crippen LogP contribution in [0, 0.1) is 0 Å². The zero-order chi connectivity index (χ0) is 24.5. The summed E-state index contributed by atoms with van der Waals surface area (Å²) < 4.78 is 0. The first kappa shape index (κ1) is 25.1. The number of benzene rings is 2. The fourth-order valence-electron chi connectivity index (χ4n) is 5.86. The Labute approximate surface area is 211 Å². The highest BCUT2D eigenvalue weighted by molar-refractivity contribution is 6.42. The van der Waals surface area contributed by atoms with Crippen molar-refractivity contribution in [2.24, 2.45) is 0 Å². The zero-order valence-corrected chi connectivity index (χ0v) is 21.0. The number of fused-ring (bicyclic) bond motifs is 1. The fourth-order valence-corrected chi connectivity index (χ4v) is 6.18. The number of carbonyl (C=O) groups is 1. The van der Waals surface area contributed by atoms with Crippen LogP contribution in [0.4, 0.5) is 0 Å². The van der Waals surface area contributed by atoms with Gasteiger partial charge in [0.05, 0.1) is 22.1 Å². The van der Waals surface area contributed by atoms with Crippen molar-refractivity contribution in [2.75, 3.05) is 26.7 Å². The van der Waals surface area contributed by atoms with E-state index in [1.165, 1.54) is 0 Å². The van der Waals surface area contributed by atoms with Crippen molar-refractivity contribution in [3.05, 3.63) is 76.3 Å². The Bertz CT molecular complexity index is 1080. The van der Waals surface area contributed by atoms with Crippen molar-refractivity contribution < 1.29 is 15.0 Å². The summed E-state index contributed by atoms with van der Waals surface area (Å²) in [6.07, 6.45) is 4.77. The lowest BCUT2D eigenvalue weighted by Gasteiger charge is -2.59. The molecule has 34 heavy (non-hydrogen) atoms. The molecule has 0 aromatic heterocycles. The molecular weight excluding hydrogens is 471 g/mol. The molecule has 3 atom stereocenters. The third-order valence-corrected chi connectivity index (χ3v) is 8.51. The number of hydrogen-bond acceptors (Lipinski definition) is 4. The minimum atomic E-state index is -0.952. The monoisotopic (exact) mass is 502 g/mol. The van der Waals surface area contributed by atoms with Gasteiger partial charge in [-0.1, -0.05) is 47.5 Å². The number of likely N-dealkylation sites (tertiary alicyclic amines) is 1. The van der Waals surface area contributed by atoms with Gasteiger partial charge >= 0.3 is 0 Å². The zero-order valence-electron chi connectivity index (χ0n) is 19.5. The first-order valence-corrected chi connectivity index (χ1v) is 12.5. The maximum atomic E-state index is 13.2. The smallest absolute Gasteiger partial charge is 0.226 e. The molecule has 182 valence electrons. The van der Waals surface area contributed by atoms with Crippen molar-refractivity contribution >= 4 is 29.1 Å². The highest BCUT2D eigenvalue weighted by Crippen LogP contribution is 2.52. The predicted octanol–water partition coefficient (Wildman–Crippen LogP) is 4.81. The summed E-state index contributed by atoms with van der Waals surface area (Å²) in [5.74, 6) is 0.192. The number of hydrogen-bond donors (Lipinski definition) is 2. The standard InChI is InChI=1S/C27H32Cl2N2O3/c1-3-12-31-13-11-26(20-5-4-6-22(32)16-20)17-21(9-10-27(26,34)18-31)30(2)25(33)15-19-7-8-23(28)24(29)14-19/h3-8,14,16,21,32,34H,1,9-13,15,17-18H2,2H3/t21-,26-,27-/m0/s1. The van der Waals surface area contributed by atoms with Gasteiger partial charge in [0.25, 0.3) is 0 Å². The number of piperidine rings is 1. The molecule has 4 rings (SSSR count). The lowest BCUT2D eigenvalue weighted by atomic mass is 9.55. The van der Waals surface area contributed by atoms with E-state index in [0.29, 0.717) is 35.9 Å². The molecule has 0 bridgehead atoms. The predicted molar refractivity (Wildman–Crippen MR) is 137 cm³/mol. The van der Waals surface area contributed by atoms with Crippen molar-refractivity contribution in [3.63, 3.8) is 0 Å². The molecule has 2 aromatic rings. The second kappa shape index (κ2) is 9.90. The lowest BCUT2D eigenvalue weighted by Crippen LogP contribution is -2.67. The van der Waals surface area contributed by atoms with Crippen LogP contribution in [-0.2, 0) is 16.6 Å². The normalized spacial score (nSPS) is 27.1. The van der Waals surface area contributed by atoms with Crippen LogP contribution in [0.15, 0.2) is 55.1 Å². The number of likely N-dealkylation sites (N-methyl/N-ethyl adjacent to an activating group) is 1. The van der Waals surface area contributed by atoms with Crippen molar-refractivity contribution in [1.29, 1.82) is 0 Å². The molecule has 5 nitrogen and oxygen atoms in total. The average molecular weight is 503 g/mol. The molecule has 1 amide bonds. The van der Waals surface area contributed by atoms with Crippen LogP contribution in [0.2, 0.25) is 10.0 Å². The molecular formula is C27H32Cl2N2O3. The lowest BCUT2D eigenvalue weighted by molar-refractivity contribution is -0.146. The number of halogens is 2. The third-order valence-electron chi connectivity index (χ3n) is 7.77. The van der Waals surface area contributed by atoms with Gasteiger partial charge in [0.15, 0.2) is 0 Å². The summed E-state index contributed by atoms with van der Waals surface area (Å²) >= 11 is 12.2. The molecule has 1 heterocycles. The van der Waals surface area contributed by atoms with Gasteiger partial charge in [0.2, 0.25) is 5.91 Å². The van der Waals surface area contributed by atoms with E-state index in [1.54, 1.807) is 24.3 Å². The van der Waals surface area contributed by atoms with E-state index in [4.69, 9.17) is 23.2 Å². The molecule has 0 radical (unpaired) electrons. The first-order chi connectivity index (χ1) is 16.2. The summed E-state index contributed by atoms with van der Waals surface area (Å²) in [5, 5.41) is 23.2. The van der Waals surface area contributed by atoms with E-state index in [9.17, 15) is 15.0 Å². The summed E-state index contributed by atoms with van der Waals surface area (Å²) in [7, 11) is 1.85. The van der Waals surface area contributed by atoms with Gasteiger partial charge in [-0.05, 0) is 67.6 Å². The van der Waals surface area contributed by atoms with Gasteiger partial charge in [0, 0.05) is 31.6 Å². The Morgan fingerprint density at radius 2 is 2.03 bits per heavy atom.